The van der Waals surface area contributed by atoms with Gasteiger partial charge in [-0.3, -0.25) is 14.4 Å². The maximum atomic E-state index is 14.0. The number of nitrogens with zero attached hydrogens (tertiary/aromatic N) is 1. The fraction of sp³-hybridized carbons (Fsp3) is 0.469. The van der Waals surface area contributed by atoms with Crippen molar-refractivity contribution in [3.05, 3.63) is 58.7 Å². The van der Waals surface area contributed by atoms with Crippen LogP contribution in [0.2, 0.25) is 0 Å². The Bertz CT molecular complexity index is 1430. The summed E-state index contributed by atoms with van der Waals surface area (Å²) in [5.74, 6) is 0.786. The van der Waals surface area contributed by atoms with Crippen LogP contribution >= 0.6 is 0 Å². The Kier molecular flexibility index (Phi) is 8.27. The predicted molar refractivity (Wildman–Crippen MR) is 153 cm³/mol. The second-order valence-corrected chi connectivity index (χ2v) is 11.5. The molecular weight excluding hydrogens is 556 g/mol. The molecular formula is C32H36N2O9. The molecule has 228 valence electrons. The number of amides is 2. The summed E-state index contributed by atoms with van der Waals surface area (Å²) in [6.07, 6.45) is 4.63. The Hall–Kier alpha value is -4.09. The number of methoxy groups -OCH3 is 1. The van der Waals surface area contributed by atoms with E-state index >= 15 is 0 Å². The lowest BCUT2D eigenvalue weighted by Crippen LogP contribution is -2.55. The SMILES string of the molecule is COc1cc(C=O)cc2c1O[C@@H]1[C@@H](O)[C@H](N(Cc3ccc4c(c3)OCO4)C(=O)CC3CCCC3)C=C(C(=O)NCCO)[C@H]21. The zero-order valence-electron chi connectivity index (χ0n) is 24.0. The topological polar surface area (TPSA) is 144 Å². The van der Waals surface area contributed by atoms with E-state index < -0.39 is 30.1 Å². The van der Waals surface area contributed by atoms with Gasteiger partial charge in [0.05, 0.1) is 25.7 Å². The number of carbonyl (C=O) groups excluding carboxylic acids is 3. The van der Waals surface area contributed by atoms with Crippen LogP contribution in [-0.4, -0.2) is 78.5 Å². The number of aliphatic hydroxyl groups excluding tert-OH is 2. The quantitative estimate of drug-likeness (QED) is 0.355. The molecule has 0 unspecified atom stereocenters. The molecule has 2 aromatic carbocycles. The first-order valence-corrected chi connectivity index (χ1v) is 14.7. The number of nitrogens with one attached hydrogen (secondary N) is 1. The number of aldehydes is 1. The molecule has 2 aliphatic carbocycles. The minimum absolute atomic E-state index is 0.0215. The molecule has 4 aliphatic rings. The van der Waals surface area contributed by atoms with Gasteiger partial charge in [0.1, 0.15) is 18.5 Å². The van der Waals surface area contributed by atoms with Crippen LogP contribution in [0.5, 0.6) is 23.0 Å². The van der Waals surface area contributed by atoms with E-state index in [1.807, 2.05) is 12.1 Å². The number of hydrogen-bond acceptors (Lipinski definition) is 9. The minimum Gasteiger partial charge on any atom is -0.493 e. The molecule has 2 heterocycles. The first-order chi connectivity index (χ1) is 20.9. The van der Waals surface area contributed by atoms with Crippen molar-refractivity contribution in [1.82, 2.24) is 10.2 Å². The largest absolute Gasteiger partial charge is 0.493 e. The molecule has 0 saturated heterocycles. The maximum absolute atomic E-state index is 14.0. The molecule has 0 aromatic heterocycles. The highest BCUT2D eigenvalue weighted by Gasteiger charge is 2.51. The van der Waals surface area contributed by atoms with Crippen molar-refractivity contribution >= 4 is 18.1 Å². The zero-order valence-corrected chi connectivity index (χ0v) is 24.0. The fourth-order valence-corrected chi connectivity index (χ4v) is 6.73. The van der Waals surface area contributed by atoms with E-state index in [0.717, 1.165) is 31.2 Å². The Morgan fingerprint density at radius 2 is 1.93 bits per heavy atom. The van der Waals surface area contributed by atoms with E-state index in [2.05, 4.69) is 5.32 Å². The molecule has 2 aliphatic heterocycles. The van der Waals surface area contributed by atoms with Gasteiger partial charge in [0.15, 0.2) is 23.0 Å². The number of benzene rings is 2. The molecule has 11 heteroatoms. The van der Waals surface area contributed by atoms with Crippen LogP contribution in [-0.2, 0) is 16.1 Å². The van der Waals surface area contributed by atoms with Gasteiger partial charge in [-0.1, -0.05) is 18.9 Å². The fourth-order valence-electron chi connectivity index (χ4n) is 6.73. The smallest absolute Gasteiger partial charge is 0.247 e. The molecule has 2 aromatic rings. The summed E-state index contributed by atoms with van der Waals surface area (Å²) < 4.78 is 22.8. The predicted octanol–water partition coefficient (Wildman–Crippen LogP) is 2.47. The number of rotatable bonds is 10. The lowest BCUT2D eigenvalue weighted by atomic mass is 9.77. The first kappa shape index (κ1) is 29.0. The van der Waals surface area contributed by atoms with Crippen molar-refractivity contribution in [2.24, 2.45) is 5.92 Å². The molecule has 3 N–H and O–H groups in total. The van der Waals surface area contributed by atoms with Gasteiger partial charge >= 0.3 is 0 Å². The van der Waals surface area contributed by atoms with Crippen molar-refractivity contribution in [2.75, 3.05) is 27.1 Å². The van der Waals surface area contributed by atoms with Gasteiger partial charge in [-0.15, -0.1) is 0 Å². The molecule has 0 spiro atoms. The highest BCUT2D eigenvalue weighted by atomic mass is 16.7. The third kappa shape index (κ3) is 5.54. The van der Waals surface area contributed by atoms with Crippen molar-refractivity contribution in [1.29, 1.82) is 0 Å². The Labute approximate surface area is 249 Å². The maximum Gasteiger partial charge on any atom is 0.247 e. The summed E-state index contributed by atoms with van der Waals surface area (Å²) in [5, 5.41) is 24.0. The van der Waals surface area contributed by atoms with E-state index in [4.69, 9.17) is 18.9 Å². The van der Waals surface area contributed by atoms with Gasteiger partial charge in [0, 0.05) is 36.2 Å². The van der Waals surface area contributed by atoms with Crippen molar-refractivity contribution in [2.45, 2.75) is 62.8 Å². The number of carbonyl (C=O) groups is 3. The van der Waals surface area contributed by atoms with Crippen LogP contribution in [0, 0.1) is 5.92 Å². The van der Waals surface area contributed by atoms with Crippen LogP contribution in [0.1, 0.15) is 59.5 Å². The second-order valence-electron chi connectivity index (χ2n) is 11.5. The third-order valence-corrected chi connectivity index (χ3v) is 8.82. The molecule has 43 heavy (non-hydrogen) atoms. The summed E-state index contributed by atoms with van der Waals surface area (Å²) in [6.45, 7) is 0.0455. The van der Waals surface area contributed by atoms with E-state index in [1.54, 1.807) is 29.2 Å². The van der Waals surface area contributed by atoms with Gasteiger partial charge < -0.3 is 39.4 Å². The van der Waals surface area contributed by atoms with Crippen LogP contribution in [0.4, 0.5) is 0 Å². The van der Waals surface area contributed by atoms with Crippen molar-refractivity contribution in [3.8, 4) is 23.0 Å². The zero-order chi connectivity index (χ0) is 30.1. The van der Waals surface area contributed by atoms with Crippen LogP contribution in [0.3, 0.4) is 0 Å². The Balaban J connectivity index is 1.41. The third-order valence-electron chi connectivity index (χ3n) is 8.82. The van der Waals surface area contributed by atoms with E-state index in [-0.39, 0.29) is 43.9 Å². The van der Waals surface area contributed by atoms with Gasteiger partial charge in [-0.05, 0) is 54.7 Å². The number of fused-ring (bicyclic) bond motifs is 4. The van der Waals surface area contributed by atoms with Crippen LogP contribution < -0.4 is 24.3 Å². The van der Waals surface area contributed by atoms with Crippen LogP contribution in [0.25, 0.3) is 0 Å². The monoisotopic (exact) mass is 592 g/mol. The van der Waals surface area contributed by atoms with Gasteiger partial charge in [0.25, 0.3) is 0 Å². The average molecular weight is 593 g/mol. The van der Waals surface area contributed by atoms with Crippen molar-refractivity contribution in [3.63, 3.8) is 0 Å². The highest BCUT2D eigenvalue weighted by molar-refractivity contribution is 5.96. The van der Waals surface area contributed by atoms with E-state index in [9.17, 15) is 24.6 Å². The Morgan fingerprint density at radius 3 is 2.67 bits per heavy atom. The molecule has 1 saturated carbocycles. The molecule has 0 bridgehead atoms. The highest BCUT2D eigenvalue weighted by Crippen LogP contribution is 2.51. The number of ether oxygens (including phenoxy) is 4. The molecule has 0 radical (unpaired) electrons. The minimum atomic E-state index is -1.21. The average Bonchev–Trinajstić information content (AvgIpc) is 3.79. The summed E-state index contributed by atoms with van der Waals surface area (Å²) in [6, 6.07) is 7.74. The molecule has 4 atom stereocenters. The first-order valence-electron chi connectivity index (χ1n) is 14.7. The summed E-state index contributed by atoms with van der Waals surface area (Å²) in [7, 11) is 1.45. The Morgan fingerprint density at radius 1 is 1.14 bits per heavy atom. The van der Waals surface area contributed by atoms with Crippen molar-refractivity contribution < 1.29 is 43.5 Å². The summed E-state index contributed by atoms with van der Waals surface area (Å²) in [5.41, 5.74) is 1.93. The van der Waals surface area contributed by atoms with Gasteiger partial charge in [-0.2, -0.15) is 0 Å². The number of aliphatic hydroxyl groups is 2. The standard InChI is InChI=1S/C32H36N2O9/c1-40-26-12-20(16-36)10-21-28-22(32(39)33-8-9-35)14-23(29(38)31(28)43-30(21)26)34(27(37)13-18-4-2-3-5-18)15-19-6-7-24-25(11-19)42-17-41-24/h6-7,10-12,14,16,18,23,28-29,31,35,38H,2-5,8-9,13,15,17H2,1H3,(H,33,39)/t23-,28+,29+,31+/m1/s1. The lowest BCUT2D eigenvalue weighted by molar-refractivity contribution is -0.139. The van der Waals surface area contributed by atoms with Crippen LogP contribution in [0.15, 0.2) is 42.0 Å². The van der Waals surface area contributed by atoms with Gasteiger partial charge in [-0.25, -0.2) is 0 Å². The lowest BCUT2D eigenvalue weighted by Gasteiger charge is -2.41. The van der Waals surface area contributed by atoms with E-state index in [1.165, 1.54) is 7.11 Å². The summed E-state index contributed by atoms with van der Waals surface area (Å²) >= 11 is 0. The van der Waals surface area contributed by atoms with E-state index in [0.29, 0.717) is 46.8 Å². The molecule has 1 fully saturated rings. The molecule has 6 rings (SSSR count). The molecule has 2 amide bonds. The summed E-state index contributed by atoms with van der Waals surface area (Å²) in [4.78, 5) is 40.9. The second kappa shape index (κ2) is 12.3. The number of hydrogen-bond donors (Lipinski definition) is 3. The molecule has 11 nitrogen and oxygen atoms in total. The van der Waals surface area contributed by atoms with Gasteiger partial charge in [0.2, 0.25) is 18.6 Å². The normalized spacial score (nSPS) is 23.6.